The van der Waals surface area contributed by atoms with Crippen LogP contribution >= 0.6 is 11.3 Å². The van der Waals surface area contributed by atoms with Gasteiger partial charge in [0.1, 0.15) is 11.3 Å². The molecule has 0 radical (unpaired) electrons. The number of hydrogen-bond acceptors (Lipinski definition) is 6. The van der Waals surface area contributed by atoms with E-state index in [1.807, 2.05) is 39.0 Å². The Morgan fingerprint density at radius 1 is 1.03 bits per heavy atom. The maximum atomic E-state index is 13.1. The van der Waals surface area contributed by atoms with Crippen molar-refractivity contribution in [1.29, 1.82) is 0 Å². The number of nitrogens with one attached hydrogen (secondary N) is 1. The highest BCUT2D eigenvalue weighted by Crippen LogP contribution is 2.32. The van der Waals surface area contributed by atoms with Gasteiger partial charge in [0.25, 0.3) is 5.91 Å². The number of unbranched alkanes of at least 4 members (excludes halogenated alkanes) is 2. The first kappa shape index (κ1) is 25.1. The number of carbonyl (C=O) groups is 1. The van der Waals surface area contributed by atoms with Gasteiger partial charge in [-0.05, 0) is 56.2 Å². The molecule has 1 amide bonds. The Morgan fingerprint density at radius 3 is 2.30 bits per heavy atom. The summed E-state index contributed by atoms with van der Waals surface area (Å²) in [5, 5.41) is 3.27. The van der Waals surface area contributed by atoms with Crippen LogP contribution in [-0.4, -0.2) is 43.3 Å². The molecular formula is C24H31N3O4S2. The van der Waals surface area contributed by atoms with Crippen LogP contribution in [0.25, 0.3) is 10.2 Å². The molecule has 1 heterocycles. The van der Waals surface area contributed by atoms with E-state index in [0.717, 1.165) is 30.4 Å². The Labute approximate surface area is 199 Å². The van der Waals surface area contributed by atoms with Gasteiger partial charge in [-0.25, -0.2) is 13.4 Å². The van der Waals surface area contributed by atoms with Gasteiger partial charge in [-0.3, -0.25) is 10.1 Å². The molecule has 0 bridgehead atoms. The molecule has 178 valence electrons. The molecule has 0 unspecified atom stereocenters. The Hall–Kier alpha value is -2.49. The average molecular weight is 490 g/mol. The largest absolute Gasteiger partial charge is 0.492 e. The second-order valence-corrected chi connectivity index (χ2v) is 10.6. The minimum absolute atomic E-state index is 0.201. The smallest absolute Gasteiger partial charge is 0.257 e. The van der Waals surface area contributed by atoms with Gasteiger partial charge >= 0.3 is 0 Å². The molecule has 0 fully saturated rings. The van der Waals surface area contributed by atoms with Crippen LogP contribution in [0.1, 0.15) is 56.8 Å². The van der Waals surface area contributed by atoms with Crippen LogP contribution in [0.3, 0.4) is 0 Å². The Bertz CT molecular complexity index is 1170. The number of fused-ring (bicyclic) bond motifs is 1. The summed E-state index contributed by atoms with van der Waals surface area (Å²) in [5.41, 5.74) is 1.08. The molecule has 3 aromatic rings. The van der Waals surface area contributed by atoms with Crippen LogP contribution in [0.15, 0.2) is 47.4 Å². The Kier molecular flexibility index (Phi) is 8.82. The van der Waals surface area contributed by atoms with Crippen LogP contribution in [-0.2, 0) is 10.0 Å². The van der Waals surface area contributed by atoms with Crippen LogP contribution in [0.4, 0.5) is 5.13 Å². The Morgan fingerprint density at radius 2 is 1.70 bits per heavy atom. The molecule has 2 aromatic carbocycles. The van der Waals surface area contributed by atoms with Crippen molar-refractivity contribution in [2.45, 2.75) is 51.3 Å². The van der Waals surface area contributed by atoms with Crippen molar-refractivity contribution < 1.29 is 17.9 Å². The van der Waals surface area contributed by atoms with E-state index >= 15 is 0 Å². The first-order valence-corrected chi connectivity index (χ1v) is 13.6. The molecule has 3 rings (SSSR count). The molecule has 0 aliphatic carbocycles. The lowest BCUT2D eigenvalue weighted by Crippen LogP contribution is -2.33. The minimum Gasteiger partial charge on any atom is -0.492 e. The van der Waals surface area contributed by atoms with Crippen molar-refractivity contribution in [2.24, 2.45) is 0 Å². The van der Waals surface area contributed by atoms with Crippen molar-refractivity contribution in [3.05, 3.63) is 48.0 Å². The molecule has 0 atom stereocenters. The number of anilines is 1. The number of thiazole rings is 1. The summed E-state index contributed by atoms with van der Waals surface area (Å²) < 4.78 is 34.3. The molecular weight excluding hydrogens is 458 g/mol. The standard InChI is InChI=1S/C24H31N3O4S2/c1-4-7-16-27(17-8-5-2)33(29,30)19-14-12-18(13-15-19)23(28)26-24-25-22-20(31-6-3)10-9-11-21(22)32-24/h9-15H,4-8,16-17H2,1-3H3,(H,25,26,28). The van der Waals surface area contributed by atoms with Crippen molar-refractivity contribution in [2.75, 3.05) is 25.0 Å². The first-order valence-electron chi connectivity index (χ1n) is 11.3. The molecule has 7 nitrogen and oxygen atoms in total. The van der Waals surface area contributed by atoms with Gasteiger partial charge in [0.15, 0.2) is 5.13 Å². The molecule has 9 heteroatoms. The summed E-state index contributed by atoms with van der Waals surface area (Å²) in [7, 11) is -3.60. The molecule has 1 N–H and O–H groups in total. The van der Waals surface area contributed by atoms with Crippen molar-refractivity contribution in [3.63, 3.8) is 0 Å². The molecule has 1 aromatic heterocycles. The highest BCUT2D eigenvalue weighted by Gasteiger charge is 2.24. The number of hydrogen-bond donors (Lipinski definition) is 1. The SMILES string of the molecule is CCCCN(CCCC)S(=O)(=O)c1ccc(C(=O)Nc2nc3c(OCC)cccc3s2)cc1. The topological polar surface area (TPSA) is 88.6 Å². The zero-order chi connectivity index (χ0) is 23.8. The normalized spacial score (nSPS) is 11.8. The molecule has 0 saturated heterocycles. The maximum absolute atomic E-state index is 13.1. The quantitative estimate of drug-likeness (QED) is 0.361. The van der Waals surface area contributed by atoms with E-state index in [4.69, 9.17) is 4.74 Å². The zero-order valence-electron chi connectivity index (χ0n) is 19.3. The number of carbonyl (C=O) groups excluding carboxylic acids is 1. The van der Waals surface area contributed by atoms with Crippen LogP contribution in [0, 0.1) is 0 Å². The van der Waals surface area contributed by atoms with E-state index < -0.39 is 10.0 Å². The first-order chi connectivity index (χ1) is 15.9. The highest BCUT2D eigenvalue weighted by atomic mass is 32.2. The summed E-state index contributed by atoms with van der Waals surface area (Å²) in [6, 6.07) is 11.7. The van der Waals surface area contributed by atoms with Gasteiger partial charge < -0.3 is 4.74 Å². The maximum Gasteiger partial charge on any atom is 0.257 e. The summed E-state index contributed by atoms with van der Waals surface area (Å²) >= 11 is 1.36. The van der Waals surface area contributed by atoms with E-state index in [1.165, 1.54) is 23.5 Å². The monoisotopic (exact) mass is 489 g/mol. The number of para-hydroxylation sites is 1. The molecule has 33 heavy (non-hydrogen) atoms. The predicted octanol–water partition coefficient (Wildman–Crippen LogP) is 5.54. The zero-order valence-corrected chi connectivity index (χ0v) is 21.0. The third-order valence-corrected chi connectivity index (χ3v) is 8.03. The fraction of sp³-hybridized carbons (Fsp3) is 0.417. The molecule has 0 spiro atoms. The number of benzene rings is 2. The lowest BCUT2D eigenvalue weighted by molar-refractivity contribution is 0.102. The summed E-state index contributed by atoms with van der Waals surface area (Å²) in [4.78, 5) is 17.4. The fourth-order valence-corrected chi connectivity index (χ4v) is 5.76. The summed E-state index contributed by atoms with van der Waals surface area (Å²) in [6.07, 6.45) is 3.48. The van der Waals surface area contributed by atoms with Gasteiger partial charge in [0.2, 0.25) is 10.0 Å². The van der Waals surface area contributed by atoms with Crippen LogP contribution < -0.4 is 10.1 Å². The summed E-state index contributed by atoms with van der Waals surface area (Å²) in [5.74, 6) is 0.335. The van der Waals surface area contributed by atoms with E-state index in [1.54, 1.807) is 16.4 Å². The van der Waals surface area contributed by atoms with Gasteiger partial charge in [-0.2, -0.15) is 4.31 Å². The molecule has 0 aliphatic heterocycles. The Balaban J connectivity index is 1.75. The number of nitrogens with zero attached hydrogens (tertiary/aromatic N) is 2. The van der Waals surface area contributed by atoms with E-state index in [-0.39, 0.29) is 10.8 Å². The van der Waals surface area contributed by atoms with Crippen molar-refractivity contribution >= 4 is 42.6 Å². The second-order valence-electron chi connectivity index (χ2n) is 7.64. The molecule has 0 aliphatic rings. The van der Waals surface area contributed by atoms with Crippen molar-refractivity contribution in [3.8, 4) is 5.75 Å². The van der Waals surface area contributed by atoms with E-state index in [9.17, 15) is 13.2 Å². The van der Waals surface area contributed by atoms with E-state index in [2.05, 4.69) is 10.3 Å². The third-order valence-electron chi connectivity index (χ3n) is 5.18. The lowest BCUT2D eigenvalue weighted by atomic mass is 10.2. The van der Waals surface area contributed by atoms with Gasteiger partial charge in [0, 0.05) is 18.7 Å². The van der Waals surface area contributed by atoms with Crippen LogP contribution in [0.5, 0.6) is 5.75 Å². The van der Waals surface area contributed by atoms with Gasteiger partial charge in [-0.1, -0.05) is 44.1 Å². The second kappa shape index (κ2) is 11.6. The fourth-order valence-electron chi connectivity index (χ4n) is 3.37. The number of ether oxygens (including phenoxy) is 1. The number of aromatic nitrogens is 1. The number of amides is 1. The lowest BCUT2D eigenvalue weighted by Gasteiger charge is -2.22. The van der Waals surface area contributed by atoms with Crippen LogP contribution in [0.2, 0.25) is 0 Å². The predicted molar refractivity (Wildman–Crippen MR) is 134 cm³/mol. The average Bonchev–Trinajstić information content (AvgIpc) is 3.22. The number of sulfonamides is 1. The van der Waals surface area contributed by atoms with Crippen molar-refractivity contribution in [1.82, 2.24) is 9.29 Å². The van der Waals surface area contributed by atoms with E-state index in [0.29, 0.717) is 41.7 Å². The summed E-state index contributed by atoms with van der Waals surface area (Å²) in [6.45, 7) is 7.53. The third kappa shape index (κ3) is 6.10. The number of rotatable bonds is 12. The minimum atomic E-state index is -3.60. The highest BCUT2D eigenvalue weighted by molar-refractivity contribution is 7.89. The van der Waals surface area contributed by atoms with Gasteiger partial charge in [0.05, 0.1) is 16.2 Å². The van der Waals surface area contributed by atoms with Gasteiger partial charge in [-0.15, -0.1) is 0 Å². The molecule has 0 saturated carbocycles.